The molecule has 0 fully saturated rings. The second kappa shape index (κ2) is 4.97. The van der Waals surface area contributed by atoms with Crippen LogP contribution in [0.25, 0.3) is 11.3 Å². The number of nitrogen functional groups attached to an aromatic ring is 1. The van der Waals surface area contributed by atoms with E-state index in [1.165, 1.54) is 19.2 Å². The summed E-state index contributed by atoms with van der Waals surface area (Å²) in [5.74, 6) is 0.607. The number of methoxy groups -OCH3 is 1. The molecule has 2 rings (SSSR count). The van der Waals surface area contributed by atoms with Crippen LogP contribution in [0.5, 0.6) is 5.75 Å². The summed E-state index contributed by atoms with van der Waals surface area (Å²) in [4.78, 5) is 10.3. The second-order valence-corrected chi connectivity index (χ2v) is 3.87. The molecule has 0 aliphatic carbocycles. The van der Waals surface area contributed by atoms with E-state index in [2.05, 4.69) is 5.16 Å². The number of hydrogen-bond donors (Lipinski definition) is 1. The average molecular weight is 263 g/mol. The molecule has 2 N–H and O–H groups in total. The third-order valence-electron chi connectivity index (χ3n) is 2.82. The molecule has 100 valence electrons. The van der Waals surface area contributed by atoms with Crippen molar-refractivity contribution in [2.75, 3.05) is 12.8 Å². The van der Waals surface area contributed by atoms with Gasteiger partial charge in [0, 0.05) is 17.2 Å². The van der Waals surface area contributed by atoms with Crippen LogP contribution in [-0.4, -0.2) is 17.2 Å². The van der Waals surface area contributed by atoms with Gasteiger partial charge in [-0.25, -0.2) is 0 Å². The molecule has 0 saturated heterocycles. The summed E-state index contributed by atoms with van der Waals surface area (Å²) in [7, 11) is 1.44. The van der Waals surface area contributed by atoms with Gasteiger partial charge in [-0.05, 0) is 12.5 Å². The van der Waals surface area contributed by atoms with Crippen molar-refractivity contribution in [2.24, 2.45) is 0 Å². The first-order valence-electron chi connectivity index (χ1n) is 5.65. The average Bonchev–Trinajstić information content (AvgIpc) is 2.78. The monoisotopic (exact) mass is 263 g/mol. The topological polar surface area (TPSA) is 104 Å². The maximum Gasteiger partial charge on any atom is 0.273 e. The molecule has 19 heavy (non-hydrogen) atoms. The van der Waals surface area contributed by atoms with Gasteiger partial charge < -0.3 is 15.0 Å². The molecule has 2 aromatic rings. The van der Waals surface area contributed by atoms with Crippen molar-refractivity contribution in [1.29, 1.82) is 0 Å². The van der Waals surface area contributed by atoms with Gasteiger partial charge in [0.05, 0.1) is 18.1 Å². The van der Waals surface area contributed by atoms with Gasteiger partial charge in [-0.15, -0.1) is 0 Å². The molecule has 7 heteroatoms. The Morgan fingerprint density at radius 1 is 1.53 bits per heavy atom. The first-order valence-corrected chi connectivity index (χ1v) is 5.65. The van der Waals surface area contributed by atoms with E-state index in [1.54, 1.807) is 6.07 Å². The summed E-state index contributed by atoms with van der Waals surface area (Å²) in [5.41, 5.74) is 7.56. The van der Waals surface area contributed by atoms with E-state index in [1.807, 2.05) is 6.92 Å². The molecule has 0 aliphatic rings. The number of anilines is 1. The van der Waals surface area contributed by atoms with E-state index in [4.69, 9.17) is 15.0 Å². The molecular formula is C12H13N3O4. The van der Waals surface area contributed by atoms with Gasteiger partial charge in [0.15, 0.2) is 0 Å². The SMILES string of the molecule is CCc1c(-c2ccc([N+](=O)[O-])cc2OC)noc1N. The number of nitrogens with zero attached hydrogens (tertiary/aromatic N) is 2. The molecular weight excluding hydrogens is 250 g/mol. The molecule has 0 aliphatic heterocycles. The third-order valence-corrected chi connectivity index (χ3v) is 2.82. The molecule has 0 saturated carbocycles. The zero-order valence-electron chi connectivity index (χ0n) is 10.5. The minimum atomic E-state index is -0.482. The summed E-state index contributed by atoms with van der Waals surface area (Å²) >= 11 is 0. The quantitative estimate of drug-likeness (QED) is 0.670. The van der Waals surface area contributed by atoms with Crippen LogP contribution in [-0.2, 0) is 6.42 Å². The number of ether oxygens (including phenoxy) is 1. The predicted molar refractivity (Wildman–Crippen MR) is 68.9 cm³/mol. The van der Waals surface area contributed by atoms with E-state index in [9.17, 15) is 10.1 Å². The Balaban J connectivity index is 2.58. The minimum absolute atomic E-state index is 0.0462. The largest absolute Gasteiger partial charge is 0.496 e. The van der Waals surface area contributed by atoms with Crippen LogP contribution in [0.15, 0.2) is 22.7 Å². The number of nitro groups is 1. The van der Waals surface area contributed by atoms with Crippen LogP contribution >= 0.6 is 0 Å². The molecule has 0 atom stereocenters. The van der Waals surface area contributed by atoms with E-state index < -0.39 is 4.92 Å². The number of rotatable bonds is 4. The van der Waals surface area contributed by atoms with Gasteiger partial charge in [-0.1, -0.05) is 12.1 Å². The molecule has 0 radical (unpaired) electrons. The van der Waals surface area contributed by atoms with Crippen LogP contribution in [0.3, 0.4) is 0 Å². The zero-order chi connectivity index (χ0) is 14.0. The lowest BCUT2D eigenvalue weighted by atomic mass is 10.0. The Labute approximate surface area is 109 Å². The molecule has 1 heterocycles. The number of benzene rings is 1. The lowest BCUT2D eigenvalue weighted by Crippen LogP contribution is -1.95. The highest BCUT2D eigenvalue weighted by Gasteiger charge is 2.19. The van der Waals surface area contributed by atoms with E-state index in [-0.39, 0.29) is 11.6 Å². The normalized spacial score (nSPS) is 10.4. The molecule has 0 unspecified atom stereocenters. The number of nitro benzene ring substituents is 1. The van der Waals surface area contributed by atoms with Crippen molar-refractivity contribution in [1.82, 2.24) is 5.16 Å². The zero-order valence-corrected chi connectivity index (χ0v) is 10.5. The van der Waals surface area contributed by atoms with Crippen molar-refractivity contribution in [3.05, 3.63) is 33.9 Å². The van der Waals surface area contributed by atoms with E-state index >= 15 is 0 Å². The molecule has 0 spiro atoms. The highest BCUT2D eigenvalue weighted by atomic mass is 16.6. The molecule has 0 bridgehead atoms. The van der Waals surface area contributed by atoms with Gasteiger partial charge in [0.2, 0.25) is 5.88 Å². The van der Waals surface area contributed by atoms with Crippen molar-refractivity contribution in [3.8, 4) is 17.0 Å². The van der Waals surface area contributed by atoms with Crippen molar-refractivity contribution < 1.29 is 14.2 Å². The summed E-state index contributed by atoms with van der Waals surface area (Å²) in [6, 6.07) is 4.31. The molecule has 7 nitrogen and oxygen atoms in total. The summed E-state index contributed by atoms with van der Waals surface area (Å²) in [5, 5.41) is 14.6. The Kier molecular flexibility index (Phi) is 3.37. The Hall–Kier alpha value is -2.57. The van der Waals surface area contributed by atoms with Crippen LogP contribution < -0.4 is 10.5 Å². The summed E-state index contributed by atoms with van der Waals surface area (Å²) in [6.07, 6.45) is 0.644. The summed E-state index contributed by atoms with van der Waals surface area (Å²) in [6.45, 7) is 1.92. The van der Waals surface area contributed by atoms with Gasteiger partial charge in [0.25, 0.3) is 5.69 Å². The lowest BCUT2D eigenvalue weighted by molar-refractivity contribution is -0.384. The second-order valence-electron chi connectivity index (χ2n) is 3.87. The maximum absolute atomic E-state index is 10.7. The lowest BCUT2D eigenvalue weighted by Gasteiger charge is -2.06. The minimum Gasteiger partial charge on any atom is -0.496 e. The van der Waals surface area contributed by atoms with Crippen LogP contribution in [0, 0.1) is 10.1 Å². The van der Waals surface area contributed by atoms with E-state index in [0.717, 1.165) is 5.56 Å². The van der Waals surface area contributed by atoms with Crippen LogP contribution in [0.4, 0.5) is 11.6 Å². The standard InChI is InChI=1S/C12H13N3O4/c1-3-8-11(14-19-12(8)13)9-5-4-7(15(16)17)6-10(9)18-2/h4-6H,3,13H2,1-2H3. The number of hydrogen-bond acceptors (Lipinski definition) is 6. The molecule has 0 amide bonds. The molecule has 1 aromatic heterocycles. The number of nitrogens with two attached hydrogens (primary N) is 1. The van der Waals surface area contributed by atoms with Gasteiger partial charge >= 0.3 is 0 Å². The molecule has 1 aromatic carbocycles. The Bertz CT molecular complexity index is 621. The highest BCUT2D eigenvalue weighted by molar-refractivity contribution is 5.74. The van der Waals surface area contributed by atoms with Gasteiger partial charge in [-0.3, -0.25) is 10.1 Å². The number of aromatic nitrogens is 1. The Morgan fingerprint density at radius 3 is 2.84 bits per heavy atom. The third kappa shape index (κ3) is 2.22. The summed E-state index contributed by atoms with van der Waals surface area (Å²) < 4.78 is 10.1. The predicted octanol–water partition coefficient (Wildman–Crippen LogP) is 2.40. The maximum atomic E-state index is 10.7. The van der Waals surface area contributed by atoms with Gasteiger partial charge in [0.1, 0.15) is 11.4 Å². The van der Waals surface area contributed by atoms with E-state index in [0.29, 0.717) is 23.4 Å². The smallest absolute Gasteiger partial charge is 0.273 e. The van der Waals surface area contributed by atoms with Crippen molar-refractivity contribution in [3.63, 3.8) is 0 Å². The Morgan fingerprint density at radius 2 is 2.26 bits per heavy atom. The van der Waals surface area contributed by atoms with Crippen molar-refractivity contribution in [2.45, 2.75) is 13.3 Å². The number of non-ortho nitro benzene ring substituents is 1. The first-order chi connectivity index (χ1) is 9.08. The first kappa shape index (κ1) is 12.9. The highest BCUT2D eigenvalue weighted by Crippen LogP contribution is 2.36. The van der Waals surface area contributed by atoms with Crippen LogP contribution in [0.1, 0.15) is 12.5 Å². The van der Waals surface area contributed by atoms with Crippen LogP contribution in [0.2, 0.25) is 0 Å². The van der Waals surface area contributed by atoms with Crippen molar-refractivity contribution >= 4 is 11.6 Å². The fraction of sp³-hybridized carbons (Fsp3) is 0.250. The van der Waals surface area contributed by atoms with Gasteiger partial charge in [-0.2, -0.15) is 0 Å². The fourth-order valence-corrected chi connectivity index (χ4v) is 1.86. The fourth-order valence-electron chi connectivity index (χ4n) is 1.86.